The van der Waals surface area contributed by atoms with Gasteiger partial charge in [0.15, 0.2) is 0 Å². The van der Waals surface area contributed by atoms with Gasteiger partial charge >= 0.3 is 0 Å². The topological polar surface area (TPSA) is 68.0 Å². The summed E-state index contributed by atoms with van der Waals surface area (Å²) in [6.45, 7) is 2.16. The van der Waals surface area contributed by atoms with E-state index in [9.17, 15) is 4.79 Å². The second kappa shape index (κ2) is 6.75. The van der Waals surface area contributed by atoms with Crippen LogP contribution in [0, 0.1) is 6.92 Å². The number of aromatic nitrogens is 2. The zero-order valence-corrected chi connectivity index (χ0v) is 14.0. The number of halogens is 1. The lowest BCUT2D eigenvalue weighted by molar-refractivity contribution is 0.0946. The van der Waals surface area contributed by atoms with Crippen molar-refractivity contribution in [3.63, 3.8) is 0 Å². The van der Waals surface area contributed by atoms with E-state index >= 15 is 0 Å². The molecule has 6 heteroatoms. The van der Waals surface area contributed by atoms with Crippen LogP contribution in [0.3, 0.4) is 0 Å². The third kappa shape index (κ3) is 3.48. The van der Waals surface area contributed by atoms with Crippen LogP contribution in [0.2, 0.25) is 0 Å². The molecule has 0 aliphatic heterocycles. The van der Waals surface area contributed by atoms with Gasteiger partial charge in [-0.1, -0.05) is 30.3 Å². The maximum absolute atomic E-state index is 12.1. The molecular weight excluding hydrogens is 358 g/mol. The SMILES string of the molecule is Cc1ccccc1-c1nnc(CNC(=O)c2ccccc2Br)o1. The first kappa shape index (κ1) is 15.4. The second-order valence-electron chi connectivity index (χ2n) is 4.98. The lowest BCUT2D eigenvalue weighted by atomic mass is 10.1. The Bertz CT molecular complexity index is 845. The molecule has 1 N–H and O–H groups in total. The van der Waals surface area contributed by atoms with Crippen molar-refractivity contribution in [2.45, 2.75) is 13.5 Å². The number of rotatable bonds is 4. The summed E-state index contributed by atoms with van der Waals surface area (Å²) < 4.78 is 6.36. The van der Waals surface area contributed by atoms with E-state index < -0.39 is 0 Å². The summed E-state index contributed by atoms with van der Waals surface area (Å²) in [6.07, 6.45) is 0. The van der Waals surface area contributed by atoms with Crippen molar-refractivity contribution in [2.75, 3.05) is 0 Å². The molecule has 0 saturated carbocycles. The second-order valence-corrected chi connectivity index (χ2v) is 5.83. The van der Waals surface area contributed by atoms with Crippen molar-refractivity contribution in [3.8, 4) is 11.5 Å². The largest absolute Gasteiger partial charge is 0.419 e. The van der Waals surface area contributed by atoms with Crippen molar-refractivity contribution in [2.24, 2.45) is 0 Å². The predicted octanol–water partition coefficient (Wildman–Crippen LogP) is 3.74. The number of carbonyl (C=O) groups excluding carboxylic acids is 1. The van der Waals surface area contributed by atoms with E-state index in [1.807, 2.05) is 49.4 Å². The summed E-state index contributed by atoms with van der Waals surface area (Å²) in [5.41, 5.74) is 2.51. The first-order valence-electron chi connectivity index (χ1n) is 7.06. The van der Waals surface area contributed by atoms with Crippen LogP contribution in [0.15, 0.2) is 57.4 Å². The molecule has 3 rings (SSSR count). The van der Waals surface area contributed by atoms with Crippen molar-refractivity contribution in [1.29, 1.82) is 0 Å². The van der Waals surface area contributed by atoms with Crippen LogP contribution in [0.25, 0.3) is 11.5 Å². The number of hydrogen-bond donors (Lipinski definition) is 1. The molecule has 0 saturated heterocycles. The maximum Gasteiger partial charge on any atom is 0.252 e. The average molecular weight is 372 g/mol. The standard InChI is InChI=1S/C17H14BrN3O2/c1-11-6-2-3-7-12(11)17-21-20-15(23-17)10-19-16(22)13-8-4-5-9-14(13)18/h2-9H,10H2,1H3,(H,19,22). The van der Waals surface area contributed by atoms with Gasteiger partial charge in [-0.25, -0.2) is 0 Å². The average Bonchev–Trinajstić information content (AvgIpc) is 3.02. The summed E-state index contributed by atoms with van der Waals surface area (Å²) in [5, 5.41) is 10.8. The zero-order valence-electron chi connectivity index (χ0n) is 12.4. The van der Waals surface area contributed by atoms with Crippen molar-refractivity contribution in [3.05, 3.63) is 70.0 Å². The van der Waals surface area contributed by atoms with E-state index in [1.165, 1.54) is 0 Å². The zero-order chi connectivity index (χ0) is 16.2. The van der Waals surface area contributed by atoms with Gasteiger partial charge in [-0.15, -0.1) is 10.2 Å². The molecule has 2 aromatic carbocycles. The smallest absolute Gasteiger partial charge is 0.252 e. The number of nitrogens with one attached hydrogen (secondary N) is 1. The van der Waals surface area contributed by atoms with E-state index in [1.54, 1.807) is 6.07 Å². The summed E-state index contributed by atoms with van der Waals surface area (Å²) in [6, 6.07) is 15.0. The highest BCUT2D eigenvalue weighted by Gasteiger charge is 2.13. The predicted molar refractivity (Wildman–Crippen MR) is 89.8 cm³/mol. The molecule has 0 aliphatic carbocycles. The lowest BCUT2D eigenvalue weighted by Gasteiger charge is -2.04. The molecule has 0 unspecified atom stereocenters. The third-order valence-electron chi connectivity index (χ3n) is 3.36. The van der Waals surface area contributed by atoms with Crippen molar-refractivity contribution >= 4 is 21.8 Å². The highest BCUT2D eigenvalue weighted by Crippen LogP contribution is 2.21. The first-order chi connectivity index (χ1) is 11.1. The fraction of sp³-hybridized carbons (Fsp3) is 0.118. The Morgan fingerprint density at radius 3 is 2.65 bits per heavy atom. The molecule has 0 aliphatic rings. The van der Waals surface area contributed by atoms with E-state index in [4.69, 9.17) is 4.42 Å². The Kier molecular flexibility index (Phi) is 4.52. The molecule has 0 spiro atoms. The van der Waals surface area contributed by atoms with E-state index in [-0.39, 0.29) is 12.5 Å². The van der Waals surface area contributed by atoms with Crippen LogP contribution in [0.1, 0.15) is 21.8 Å². The molecule has 23 heavy (non-hydrogen) atoms. The van der Waals surface area contributed by atoms with Gasteiger partial charge in [-0.2, -0.15) is 0 Å². The minimum atomic E-state index is -0.201. The highest BCUT2D eigenvalue weighted by molar-refractivity contribution is 9.10. The molecule has 0 radical (unpaired) electrons. The van der Waals surface area contributed by atoms with Crippen LogP contribution in [0.4, 0.5) is 0 Å². The highest BCUT2D eigenvalue weighted by atomic mass is 79.9. The van der Waals surface area contributed by atoms with Crippen LogP contribution < -0.4 is 5.32 Å². The molecule has 116 valence electrons. The molecule has 0 bridgehead atoms. The van der Waals surface area contributed by atoms with Gasteiger partial charge < -0.3 is 9.73 Å². The number of amides is 1. The van der Waals surface area contributed by atoms with Gasteiger partial charge in [0.2, 0.25) is 11.8 Å². The summed E-state index contributed by atoms with van der Waals surface area (Å²) in [5.74, 6) is 0.616. The Labute approximate surface area is 141 Å². The van der Waals surface area contributed by atoms with E-state index in [2.05, 4.69) is 31.4 Å². The third-order valence-corrected chi connectivity index (χ3v) is 4.05. The summed E-state index contributed by atoms with van der Waals surface area (Å²) >= 11 is 3.35. The van der Waals surface area contributed by atoms with Gasteiger partial charge in [0.1, 0.15) is 0 Å². The van der Waals surface area contributed by atoms with Gasteiger partial charge in [-0.05, 0) is 46.6 Å². The molecule has 1 amide bonds. The molecule has 1 heterocycles. The van der Waals surface area contributed by atoms with Crippen LogP contribution in [0.5, 0.6) is 0 Å². The first-order valence-corrected chi connectivity index (χ1v) is 7.85. The fourth-order valence-corrected chi connectivity index (χ4v) is 2.61. The van der Waals surface area contributed by atoms with Crippen molar-refractivity contribution < 1.29 is 9.21 Å². The minimum absolute atomic E-state index is 0.180. The molecule has 3 aromatic rings. The van der Waals surface area contributed by atoms with Crippen LogP contribution in [-0.2, 0) is 6.54 Å². The van der Waals surface area contributed by atoms with Crippen molar-refractivity contribution in [1.82, 2.24) is 15.5 Å². The fourth-order valence-electron chi connectivity index (χ4n) is 2.14. The number of carbonyl (C=O) groups is 1. The lowest BCUT2D eigenvalue weighted by Crippen LogP contribution is -2.23. The van der Waals surface area contributed by atoms with Gasteiger partial charge in [0, 0.05) is 10.0 Å². The molecule has 1 aromatic heterocycles. The normalized spacial score (nSPS) is 10.5. The maximum atomic E-state index is 12.1. The van der Waals surface area contributed by atoms with Gasteiger partial charge in [-0.3, -0.25) is 4.79 Å². The minimum Gasteiger partial charge on any atom is -0.419 e. The quantitative estimate of drug-likeness (QED) is 0.758. The Morgan fingerprint density at radius 1 is 1.13 bits per heavy atom. The van der Waals surface area contributed by atoms with E-state index in [0.717, 1.165) is 15.6 Å². The summed E-state index contributed by atoms with van der Waals surface area (Å²) in [4.78, 5) is 12.1. The van der Waals surface area contributed by atoms with Gasteiger partial charge in [0.05, 0.1) is 12.1 Å². The number of aryl methyl sites for hydroxylation is 1. The number of benzene rings is 2. The number of hydrogen-bond acceptors (Lipinski definition) is 4. The van der Waals surface area contributed by atoms with Crippen LogP contribution >= 0.6 is 15.9 Å². The number of nitrogens with zero attached hydrogens (tertiary/aromatic N) is 2. The van der Waals surface area contributed by atoms with Crippen LogP contribution in [-0.4, -0.2) is 16.1 Å². The molecule has 5 nitrogen and oxygen atoms in total. The molecule has 0 fully saturated rings. The van der Waals surface area contributed by atoms with Gasteiger partial charge in [0.25, 0.3) is 5.91 Å². The monoisotopic (exact) mass is 371 g/mol. The molecule has 0 atom stereocenters. The van der Waals surface area contributed by atoms with E-state index in [0.29, 0.717) is 17.3 Å². The molecular formula is C17H14BrN3O2. The Morgan fingerprint density at radius 2 is 1.87 bits per heavy atom. The Hall–Kier alpha value is -2.47. The summed E-state index contributed by atoms with van der Waals surface area (Å²) in [7, 11) is 0. The Balaban J connectivity index is 1.70.